The van der Waals surface area contributed by atoms with Crippen LogP contribution in [0, 0.1) is 5.41 Å². The Hall–Kier alpha value is -1.29. The Kier molecular flexibility index (Phi) is 12.3. The van der Waals surface area contributed by atoms with Crippen LogP contribution in [0.3, 0.4) is 0 Å². The molecular weight excluding hydrogens is 310 g/mol. The lowest BCUT2D eigenvalue weighted by molar-refractivity contribution is -0.120. The Morgan fingerprint density at radius 2 is 1.52 bits per heavy atom. The van der Waals surface area contributed by atoms with E-state index < -0.39 is 0 Å². The zero-order valence-corrected chi connectivity index (χ0v) is 17.3. The van der Waals surface area contributed by atoms with Gasteiger partial charge in [-0.15, -0.1) is 0 Å². The maximum Gasteiger partial charge on any atom is 0.225 e. The van der Waals surface area contributed by atoms with E-state index in [9.17, 15) is 4.79 Å². The number of carbonyl (C=O) groups excluding carboxylic acids is 1. The standard InChI is InChI=1S/C21H41N3O/c1-7-8-9-10-11-12-13-14-15-16-20(25)23-19(24(6)22)17-18(2)21(3,4)5/h17H,2,7-16,22H2,1,3-6H3,(H,23,25)/b19-17-. The second-order valence-electron chi connectivity index (χ2n) is 8.04. The highest BCUT2D eigenvalue weighted by Crippen LogP contribution is 2.25. The van der Waals surface area contributed by atoms with E-state index in [0.29, 0.717) is 12.2 Å². The summed E-state index contributed by atoms with van der Waals surface area (Å²) in [4.78, 5) is 12.1. The number of hydrogen-bond donors (Lipinski definition) is 2. The molecule has 0 aliphatic heterocycles. The maximum absolute atomic E-state index is 12.1. The van der Waals surface area contributed by atoms with Crippen LogP contribution in [0.1, 0.15) is 91.9 Å². The zero-order valence-electron chi connectivity index (χ0n) is 17.3. The molecule has 0 spiro atoms. The largest absolute Gasteiger partial charge is 0.311 e. The second kappa shape index (κ2) is 13.0. The van der Waals surface area contributed by atoms with E-state index in [2.05, 4.69) is 39.6 Å². The van der Waals surface area contributed by atoms with Crippen molar-refractivity contribution in [1.29, 1.82) is 0 Å². The number of nitrogens with one attached hydrogen (secondary N) is 1. The average molecular weight is 352 g/mol. The van der Waals surface area contributed by atoms with Gasteiger partial charge in [0.15, 0.2) is 0 Å². The molecule has 0 atom stereocenters. The number of hydrogen-bond acceptors (Lipinski definition) is 3. The van der Waals surface area contributed by atoms with Gasteiger partial charge in [-0.3, -0.25) is 9.80 Å². The summed E-state index contributed by atoms with van der Waals surface area (Å²) in [5.74, 6) is 6.45. The van der Waals surface area contributed by atoms with Crippen molar-refractivity contribution in [1.82, 2.24) is 10.3 Å². The Morgan fingerprint density at radius 1 is 1.04 bits per heavy atom. The molecule has 0 saturated carbocycles. The molecule has 25 heavy (non-hydrogen) atoms. The zero-order chi connectivity index (χ0) is 19.3. The first-order valence-electron chi connectivity index (χ1n) is 9.87. The minimum absolute atomic E-state index is 0.0215. The monoisotopic (exact) mass is 351 g/mol. The van der Waals surface area contributed by atoms with Crippen LogP contribution in [0.4, 0.5) is 0 Å². The molecule has 0 radical (unpaired) electrons. The number of hydrazine groups is 1. The van der Waals surface area contributed by atoms with Gasteiger partial charge in [0.2, 0.25) is 5.91 Å². The van der Waals surface area contributed by atoms with E-state index in [1.165, 1.54) is 50.0 Å². The predicted octanol–water partition coefficient (Wildman–Crippen LogP) is 5.27. The van der Waals surface area contributed by atoms with Crippen LogP contribution in [0.2, 0.25) is 0 Å². The molecular formula is C21H41N3O. The fourth-order valence-electron chi connectivity index (χ4n) is 2.41. The number of nitrogens with zero attached hydrogens (tertiary/aromatic N) is 1. The van der Waals surface area contributed by atoms with Gasteiger partial charge in [-0.25, -0.2) is 5.84 Å². The quantitative estimate of drug-likeness (QED) is 0.206. The van der Waals surface area contributed by atoms with Crippen molar-refractivity contribution in [3.05, 3.63) is 24.0 Å². The molecule has 0 aliphatic carbocycles. The smallest absolute Gasteiger partial charge is 0.225 e. The van der Waals surface area contributed by atoms with Crippen LogP contribution in [0.5, 0.6) is 0 Å². The summed E-state index contributed by atoms with van der Waals surface area (Å²) >= 11 is 0. The molecule has 1 amide bonds. The highest BCUT2D eigenvalue weighted by Gasteiger charge is 2.15. The van der Waals surface area contributed by atoms with Crippen molar-refractivity contribution in [2.75, 3.05) is 7.05 Å². The van der Waals surface area contributed by atoms with E-state index in [0.717, 1.165) is 18.4 Å². The van der Waals surface area contributed by atoms with Gasteiger partial charge < -0.3 is 5.32 Å². The SMILES string of the molecule is C=C(/C=C(/NC(=O)CCCCCCCCCCC)N(C)N)C(C)(C)C. The van der Waals surface area contributed by atoms with Crippen LogP contribution < -0.4 is 11.2 Å². The lowest BCUT2D eigenvalue weighted by Crippen LogP contribution is -2.37. The molecule has 146 valence electrons. The third-order valence-electron chi connectivity index (χ3n) is 4.43. The van der Waals surface area contributed by atoms with Gasteiger partial charge in [-0.2, -0.15) is 0 Å². The summed E-state index contributed by atoms with van der Waals surface area (Å²) in [6, 6.07) is 0. The maximum atomic E-state index is 12.1. The first-order valence-corrected chi connectivity index (χ1v) is 9.87. The van der Waals surface area contributed by atoms with Crippen molar-refractivity contribution in [2.45, 2.75) is 91.9 Å². The molecule has 0 aromatic heterocycles. The summed E-state index contributed by atoms with van der Waals surface area (Å²) in [5, 5.41) is 4.34. The number of unbranched alkanes of at least 4 members (excludes halogenated alkanes) is 8. The molecule has 0 heterocycles. The van der Waals surface area contributed by atoms with Gasteiger partial charge in [0.05, 0.1) is 0 Å². The topological polar surface area (TPSA) is 58.4 Å². The molecule has 0 aromatic rings. The number of rotatable bonds is 13. The molecule has 0 aromatic carbocycles. The summed E-state index contributed by atoms with van der Waals surface area (Å²) < 4.78 is 0. The van der Waals surface area contributed by atoms with Gasteiger partial charge in [0.1, 0.15) is 5.82 Å². The van der Waals surface area contributed by atoms with Crippen LogP contribution in [0.15, 0.2) is 24.0 Å². The molecule has 0 rings (SSSR count). The molecule has 0 bridgehead atoms. The van der Waals surface area contributed by atoms with E-state index in [1.807, 2.05) is 6.08 Å². The molecule has 4 nitrogen and oxygen atoms in total. The molecule has 3 N–H and O–H groups in total. The minimum atomic E-state index is -0.0525. The van der Waals surface area contributed by atoms with Crippen LogP contribution in [-0.4, -0.2) is 18.0 Å². The predicted molar refractivity (Wildman–Crippen MR) is 109 cm³/mol. The normalized spacial score (nSPS) is 12.2. The van der Waals surface area contributed by atoms with Gasteiger partial charge >= 0.3 is 0 Å². The number of amides is 1. The number of carbonyl (C=O) groups is 1. The van der Waals surface area contributed by atoms with Gasteiger partial charge in [0.25, 0.3) is 0 Å². The third-order valence-corrected chi connectivity index (χ3v) is 4.43. The molecule has 0 aliphatic rings. The Bertz CT molecular complexity index is 419. The summed E-state index contributed by atoms with van der Waals surface area (Å²) in [5.41, 5.74) is 0.881. The van der Waals surface area contributed by atoms with Crippen molar-refractivity contribution in [2.24, 2.45) is 11.3 Å². The lowest BCUT2D eigenvalue weighted by atomic mass is 9.87. The number of allylic oxidation sites excluding steroid dienone is 2. The third kappa shape index (κ3) is 12.7. The van der Waals surface area contributed by atoms with E-state index in [-0.39, 0.29) is 11.3 Å². The van der Waals surface area contributed by atoms with E-state index >= 15 is 0 Å². The first kappa shape index (κ1) is 23.7. The second-order valence-corrected chi connectivity index (χ2v) is 8.04. The Labute approximate surface area is 155 Å². The molecule has 0 unspecified atom stereocenters. The Morgan fingerprint density at radius 3 is 1.96 bits per heavy atom. The van der Waals surface area contributed by atoms with E-state index in [4.69, 9.17) is 5.84 Å². The van der Waals surface area contributed by atoms with Gasteiger partial charge in [-0.1, -0.05) is 85.6 Å². The van der Waals surface area contributed by atoms with Gasteiger partial charge in [-0.05, 0) is 23.5 Å². The van der Waals surface area contributed by atoms with Gasteiger partial charge in [0, 0.05) is 13.5 Å². The minimum Gasteiger partial charge on any atom is -0.311 e. The van der Waals surface area contributed by atoms with Crippen molar-refractivity contribution >= 4 is 5.91 Å². The lowest BCUT2D eigenvalue weighted by Gasteiger charge is -2.23. The summed E-state index contributed by atoms with van der Waals surface area (Å²) in [6.07, 6.45) is 13.6. The summed E-state index contributed by atoms with van der Waals surface area (Å²) in [6.45, 7) is 12.6. The van der Waals surface area contributed by atoms with Crippen LogP contribution in [-0.2, 0) is 4.79 Å². The molecule has 4 heteroatoms. The van der Waals surface area contributed by atoms with Crippen LogP contribution >= 0.6 is 0 Å². The highest BCUT2D eigenvalue weighted by molar-refractivity contribution is 5.77. The fraction of sp³-hybridized carbons (Fsp3) is 0.762. The first-order chi connectivity index (χ1) is 11.7. The fourth-order valence-corrected chi connectivity index (χ4v) is 2.41. The highest BCUT2D eigenvalue weighted by atomic mass is 16.1. The van der Waals surface area contributed by atoms with Crippen LogP contribution in [0.25, 0.3) is 0 Å². The van der Waals surface area contributed by atoms with Crippen molar-refractivity contribution in [3.8, 4) is 0 Å². The van der Waals surface area contributed by atoms with Crippen molar-refractivity contribution in [3.63, 3.8) is 0 Å². The van der Waals surface area contributed by atoms with Crippen molar-refractivity contribution < 1.29 is 4.79 Å². The average Bonchev–Trinajstić information content (AvgIpc) is 2.51. The number of nitrogens with two attached hydrogens (primary N) is 1. The molecule has 0 fully saturated rings. The molecule has 0 saturated heterocycles. The Balaban J connectivity index is 4.05. The summed E-state index contributed by atoms with van der Waals surface area (Å²) in [7, 11) is 1.72. The van der Waals surface area contributed by atoms with E-state index in [1.54, 1.807) is 7.05 Å².